The summed E-state index contributed by atoms with van der Waals surface area (Å²) in [6, 6.07) is 0. The molecule has 0 aromatic heterocycles. The molecule has 0 aliphatic rings. The molecule has 0 heterocycles. The van der Waals surface area contributed by atoms with Crippen LogP contribution in [-0.4, -0.2) is 70.0 Å². The smallest absolute Gasteiger partial charge is 0.331 e. The second-order valence-corrected chi connectivity index (χ2v) is 17.3. The highest BCUT2D eigenvalue weighted by molar-refractivity contribution is 7.45. The maximum atomic E-state index is 12.5. The molecule has 9 nitrogen and oxygen atoms in total. The van der Waals surface area contributed by atoms with Crippen molar-refractivity contribution in [2.45, 2.75) is 186 Å². The molecule has 0 fully saturated rings. The van der Waals surface area contributed by atoms with Crippen molar-refractivity contribution in [3.8, 4) is 0 Å². The van der Waals surface area contributed by atoms with Gasteiger partial charge >= 0.3 is 11.9 Å². The number of hydrogen-bond acceptors (Lipinski definition) is 8. The van der Waals surface area contributed by atoms with E-state index in [9.17, 15) is 19.0 Å². The molecule has 0 saturated heterocycles. The minimum absolute atomic E-state index is 0.0467. The third kappa shape index (κ3) is 39.9. The fourth-order valence-electron chi connectivity index (χ4n) is 5.95. The number of esters is 2. The molecule has 0 amide bonds. The normalized spacial score (nSPS) is 13.7. The number of phosphoric acid groups is 1. The predicted octanol–water partition coefficient (Wildman–Crippen LogP) is 11.5. The summed E-state index contributed by atoms with van der Waals surface area (Å²) in [4.78, 5) is 37.3. The zero-order valence-corrected chi connectivity index (χ0v) is 36.1. The number of carbonyl (C=O) groups excluding carboxylic acids is 2. The van der Waals surface area contributed by atoms with Crippen molar-refractivity contribution in [2.75, 3.05) is 47.5 Å². The standard InChI is InChI=1S/C44H82NO8P/c1-6-8-10-12-14-16-18-20-22-24-26-28-30-32-34-36-43(46)50-40-42(41-52-54(48,49)51-39-38-45(3,4)5)53-44(47)37-35-33-31-29-27-25-23-21-19-17-15-13-11-9-7-2/h6,31,33,35,37,42H,1,7-30,32,34,36,38-41H2,2-5H3/b33-31+,37-35+/t42-/m1/s1. The molecule has 0 aromatic rings. The van der Waals surface area contributed by atoms with Crippen LogP contribution in [0.1, 0.15) is 180 Å². The van der Waals surface area contributed by atoms with Crippen molar-refractivity contribution in [3.63, 3.8) is 0 Å². The van der Waals surface area contributed by atoms with Crippen LogP contribution in [0.15, 0.2) is 37.0 Å². The molecule has 54 heavy (non-hydrogen) atoms. The van der Waals surface area contributed by atoms with E-state index in [1.54, 1.807) is 6.08 Å². The maximum Gasteiger partial charge on any atom is 0.331 e. The van der Waals surface area contributed by atoms with Gasteiger partial charge in [0.2, 0.25) is 0 Å². The van der Waals surface area contributed by atoms with E-state index in [-0.39, 0.29) is 19.6 Å². The van der Waals surface area contributed by atoms with Gasteiger partial charge < -0.3 is 27.9 Å². The summed E-state index contributed by atoms with van der Waals surface area (Å²) >= 11 is 0. The Hall–Kier alpha value is -1.77. The van der Waals surface area contributed by atoms with Gasteiger partial charge in [-0.25, -0.2) is 4.79 Å². The molecule has 316 valence electrons. The van der Waals surface area contributed by atoms with Crippen molar-refractivity contribution in [1.82, 2.24) is 0 Å². The highest BCUT2D eigenvalue weighted by Crippen LogP contribution is 2.38. The summed E-state index contributed by atoms with van der Waals surface area (Å²) < 4.78 is 33.7. The molecule has 0 spiro atoms. The van der Waals surface area contributed by atoms with Gasteiger partial charge in [-0.1, -0.05) is 166 Å². The van der Waals surface area contributed by atoms with Gasteiger partial charge in [-0.2, -0.15) is 0 Å². The fraction of sp³-hybridized carbons (Fsp3) is 0.818. The highest BCUT2D eigenvalue weighted by Gasteiger charge is 2.21. The minimum Gasteiger partial charge on any atom is -0.756 e. The van der Waals surface area contributed by atoms with E-state index in [0.29, 0.717) is 11.0 Å². The van der Waals surface area contributed by atoms with Gasteiger partial charge in [0.05, 0.1) is 27.7 Å². The zero-order chi connectivity index (χ0) is 40.0. The largest absolute Gasteiger partial charge is 0.756 e. The van der Waals surface area contributed by atoms with Crippen LogP contribution in [0.25, 0.3) is 0 Å². The Morgan fingerprint density at radius 2 is 1.15 bits per heavy atom. The summed E-state index contributed by atoms with van der Waals surface area (Å²) in [5, 5.41) is 0. The van der Waals surface area contributed by atoms with Gasteiger partial charge in [0.25, 0.3) is 7.82 Å². The number of ether oxygens (including phenoxy) is 2. The molecule has 0 radical (unpaired) electrons. The first-order valence-electron chi connectivity index (χ1n) is 21.7. The average Bonchev–Trinajstić information content (AvgIpc) is 3.12. The maximum absolute atomic E-state index is 12.5. The Morgan fingerprint density at radius 3 is 1.65 bits per heavy atom. The number of carbonyl (C=O) groups is 2. The van der Waals surface area contributed by atoms with E-state index in [4.69, 9.17) is 18.5 Å². The third-order valence-electron chi connectivity index (χ3n) is 9.39. The van der Waals surface area contributed by atoms with Crippen LogP contribution < -0.4 is 4.89 Å². The lowest BCUT2D eigenvalue weighted by Gasteiger charge is -2.28. The van der Waals surface area contributed by atoms with Gasteiger partial charge in [0, 0.05) is 12.5 Å². The van der Waals surface area contributed by atoms with E-state index < -0.39 is 32.5 Å². The molecular formula is C44H82NO8P. The first-order chi connectivity index (χ1) is 26.0. The van der Waals surface area contributed by atoms with E-state index >= 15 is 0 Å². The van der Waals surface area contributed by atoms with Crippen LogP contribution in [0.3, 0.4) is 0 Å². The van der Waals surface area contributed by atoms with Gasteiger partial charge in [-0.05, 0) is 32.1 Å². The Balaban J connectivity index is 4.44. The summed E-state index contributed by atoms with van der Waals surface area (Å²) in [7, 11) is 1.11. The van der Waals surface area contributed by atoms with Crippen molar-refractivity contribution >= 4 is 19.8 Å². The first kappa shape index (κ1) is 52.2. The van der Waals surface area contributed by atoms with Gasteiger partial charge in [0.15, 0.2) is 6.10 Å². The Kier molecular flexibility index (Phi) is 35.6. The van der Waals surface area contributed by atoms with Crippen molar-refractivity contribution in [1.29, 1.82) is 0 Å². The lowest BCUT2D eigenvalue weighted by molar-refractivity contribution is -0.870. The number of nitrogens with zero attached hydrogens (tertiary/aromatic N) is 1. The molecule has 0 N–H and O–H groups in total. The zero-order valence-electron chi connectivity index (χ0n) is 35.3. The molecular weight excluding hydrogens is 701 g/mol. The first-order valence-corrected chi connectivity index (χ1v) is 23.2. The summed E-state index contributed by atoms with van der Waals surface area (Å²) in [5.74, 6) is -1.09. The lowest BCUT2D eigenvalue weighted by atomic mass is 10.0. The van der Waals surface area contributed by atoms with Gasteiger partial charge in [-0.15, -0.1) is 6.58 Å². The van der Waals surface area contributed by atoms with Crippen LogP contribution >= 0.6 is 7.82 Å². The van der Waals surface area contributed by atoms with E-state index in [0.717, 1.165) is 38.5 Å². The van der Waals surface area contributed by atoms with E-state index in [1.165, 1.54) is 134 Å². The van der Waals surface area contributed by atoms with Crippen molar-refractivity contribution in [3.05, 3.63) is 37.0 Å². The Bertz CT molecular complexity index is 1010. The summed E-state index contributed by atoms with van der Waals surface area (Å²) in [6.45, 7) is 5.62. The van der Waals surface area contributed by atoms with Crippen LogP contribution in [0.2, 0.25) is 0 Å². The number of likely N-dealkylation sites (N-methyl/N-ethyl adjacent to an activating group) is 1. The lowest BCUT2D eigenvalue weighted by Crippen LogP contribution is -2.37. The van der Waals surface area contributed by atoms with E-state index in [1.807, 2.05) is 39.4 Å². The third-order valence-corrected chi connectivity index (χ3v) is 10.4. The molecule has 2 atom stereocenters. The molecule has 0 aromatic carbocycles. The SMILES string of the molecule is C=CCCCCCCCCCCCCCCCC(=O)OC[C@H](COP(=O)([O-])OCC[N+](C)(C)C)OC(=O)/C=C/C=C/CCCCCCCCCCCCC. The fourth-order valence-corrected chi connectivity index (χ4v) is 6.68. The molecule has 0 aliphatic carbocycles. The molecule has 0 aliphatic heterocycles. The molecule has 10 heteroatoms. The van der Waals surface area contributed by atoms with Crippen LogP contribution in [0.4, 0.5) is 0 Å². The Labute approximate surface area is 331 Å². The predicted molar refractivity (Wildman–Crippen MR) is 222 cm³/mol. The number of hydrogen-bond donors (Lipinski definition) is 0. The number of rotatable bonds is 40. The average molecular weight is 784 g/mol. The monoisotopic (exact) mass is 784 g/mol. The van der Waals surface area contributed by atoms with E-state index in [2.05, 4.69) is 13.5 Å². The number of unbranched alkanes of at least 4 members (excludes halogenated alkanes) is 24. The van der Waals surface area contributed by atoms with Crippen LogP contribution in [0.5, 0.6) is 0 Å². The van der Waals surface area contributed by atoms with Crippen LogP contribution in [0, 0.1) is 0 Å². The second-order valence-electron chi connectivity index (χ2n) is 15.9. The summed E-state index contributed by atoms with van der Waals surface area (Å²) in [6.07, 6.45) is 39.8. The molecule has 0 saturated carbocycles. The second kappa shape index (κ2) is 36.8. The quantitative estimate of drug-likeness (QED) is 0.0115. The minimum atomic E-state index is -4.65. The number of allylic oxidation sites excluding steroid dienone is 4. The molecule has 0 bridgehead atoms. The van der Waals surface area contributed by atoms with Crippen molar-refractivity contribution < 1.29 is 42.1 Å². The summed E-state index contributed by atoms with van der Waals surface area (Å²) in [5.41, 5.74) is 0. The Morgan fingerprint density at radius 1 is 0.667 bits per heavy atom. The molecule has 0 rings (SSSR count). The van der Waals surface area contributed by atoms with Gasteiger partial charge in [0.1, 0.15) is 19.8 Å². The molecule has 1 unspecified atom stereocenters. The number of phosphoric ester groups is 1. The number of quaternary nitrogens is 1. The van der Waals surface area contributed by atoms with Gasteiger partial charge in [-0.3, -0.25) is 9.36 Å². The van der Waals surface area contributed by atoms with Crippen molar-refractivity contribution in [2.24, 2.45) is 0 Å². The highest BCUT2D eigenvalue weighted by atomic mass is 31.2. The van der Waals surface area contributed by atoms with Crippen LogP contribution in [-0.2, 0) is 32.7 Å². The topological polar surface area (TPSA) is 111 Å².